The van der Waals surface area contributed by atoms with Crippen molar-refractivity contribution in [3.05, 3.63) is 117 Å². The molecule has 4 aromatic rings. The van der Waals surface area contributed by atoms with Gasteiger partial charge in [0.05, 0.1) is 34.3 Å². The van der Waals surface area contributed by atoms with Crippen molar-refractivity contribution in [3.8, 4) is 0 Å². The molecule has 0 atom stereocenters. The van der Waals surface area contributed by atoms with E-state index in [9.17, 15) is 9.59 Å². The molecule has 0 bridgehead atoms. The van der Waals surface area contributed by atoms with Crippen LogP contribution in [0.1, 0.15) is 27.0 Å². The molecule has 0 saturated carbocycles. The van der Waals surface area contributed by atoms with Crippen LogP contribution in [0.5, 0.6) is 0 Å². The Morgan fingerprint density at radius 2 is 1.70 bits per heavy atom. The number of amides is 1. The summed E-state index contributed by atoms with van der Waals surface area (Å²) in [7, 11) is 0. The predicted molar refractivity (Wildman–Crippen MR) is 119 cm³/mol. The number of carbonyl (C=O) groups excluding carboxylic acids is 1. The summed E-state index contributed by atoms with van der Waals surface area (Å²) in [5.74, 6) is -0.242. The van der Waals surface area contributed by atoms with Gasteiger partial charge in [0.25, 0.3) is 5.91 Å². The van der Waals surface area contributed by atoms with E-state index in [0.29, 0.717) is 33.7 Å². The van der Waals surface area contributed by atoms with E-state index in [2.05, 4.69) is 0 Å². The topological polar surface area (TPSA) is 50.5 Å². The second-order valence-electron chi connectivity index (χ2n) is 7.22. The lowest BCUT2D eigenvalue weighted by Crippen LogP contribution is -2.32. The first-order chi connectivity index (χ1) is 14.5. The van der Waals surface area contributed by atoms with Crippen molar-refractivity contribution in [1.82, 2.24) is 4.90 Å². The molecule has 3 aromatic carbocycles. The van der Waals surface area contributed by atoms with Crippen molar-refractivity contribution < 1.29 is 9.21 Å². The lowest BCUT2D eigenvalue weighted by Gasteiger charge is -2.23. The van der Waals surface area contributed by atoms with Gasteiger partial charge in [-0.2, -0.15) is 0 Å². The lowest BCUT2D eigenvalue weighted by atomic mass is 10.1. The summed E-state index contributed by atoms with van der Waals surface area (Å²) in [5.41, 5.74) is 3.14. The van der Waals surface area contributed by atoms with Crippen LogP contribution < -0.4 is 5.43 Å². The Labute approximate surface area is 179 Å². The maximum Gasteiger partial charge on any atom is 0.255 e. The first-order valence-corrected chi connectivity index (χ1v) is 9.99. The van der Waals surface area contributed by atoms with Gasteiger partial charge in [0.15, 0.2) is 5.43 Å². The minimum absolute atomic E-state index is 0.116. The van der Waals surface area contributed by atoms with E-state index in [4.69, 9.17) is 16.0 Å². The van der Waals surface area contributed by atoms with Crippen LogP contribution in [0.25, 0.3) is 11.0 Å². The van der Waals surface area contributed by atoms with Gasteiger partial charge in [0.2, 0.25) is 0 Å². The maximum atomic E-state index is 13.3. The third-order valence-corrected chi connectivity index (χ3v) is 5.30. The molecule has 0 spiro atoms. The SMILES string of the molecule is Cc1ccc2occ(CN(Cc3ccccc3)C(=O)c3ccccc3Cl)c(=O)c2c1. The standard InChI is InChI=1S/C25H20ClNO3/c1-17-11-12-23-21(13-17)24(28)19(16-30-23)15-27(14-18-7-3-2-4-8-18)25(29)20-9-5-6-10-22(20)26/h2-13,16H,14-15H2,1H3. The maximum absolute atomic E-state index is 13.3. The number of benzene rings is 3. The van der Waals surface area contributed by atoms with Crippen LogP contribution in [0.2, 0.25) is 5.02 Å². The van der Waals surface area contributed by atoms with Crippen LogP contribution in [-0.4, -0.2) is 10.8 Å². The number of halogens is 1. The van der Waals surface area contributed by atoms with Crippen molar-refractivity contribution in [2.45, 2.75) is 20.0 Å². The van der Waals surface area contributed by atoms with Crippen LogP contribution in [-0.2, 0) is 13.1 Å². The van der Waals surface area contributed by atoms with Crippen LogP contribution >= 0.6 is 11.6 Å². The van der Waals surface area contributed by atoms with Gasteiger partial charge in [0.1, 0.15) is 5.58 Å². The van der Waals surface area contributed by atoms with Gasteiger partial charge in [0, 0.05) is 6.54 Å². The largest absolute Gasteiger partial charge is 0.464 e. The van der Waals surface area contributed by atoms with Crippen LogP contribution in [0, 0.1) is 6.92 Å². The first kappa shape index (κ1) is 19.9. The number of rotatable bonds is 5. The second kappa shape index (κ2) is 8.56. The Kier molecular flexibility index (Phi) is 5.68. The van der Waals surface area contributed by atoms with Crippen molar-refractivity contribution in [1.29, 1.82) is 0 Å². The molecule has 0 aliphatic heterocycles. The van der Waals surface area contributed by atoms with E-state index >= 15 is 0 Å². The Bertz CT molecular complexity index is 1260. The highest BCUT2D eigenvalue weighted by Crippen LogP contribution is 2.21. The summed E-state index contributed by atoms with van der Waals surface area (Å²) < 4.78 is 5.67. The zero-order valence-corrected chi connectivity index (χ0v) is 17.2. The van der Waals surface area contributed by atoms with Crippen LogP contribution in [0.15, 0.2) is 88.3 Å². The average molecular weight is 418 g/mol. The van der Waals surface area contributed by atoms with Crippen LogP contribution in [0.3, 0.4) is 0 Å². The number of fused-ring (bicyclic) bond motifs is 1. The summed E-state index contributed by atoms with van der Waals surface area (Å²) in [6.45, 7) is 2.38. The Morgan fingerprint density at radius 1 is 0.967 bits per heavy atom. The van der Waals surface area contributed by atoms with Crippen molar-refractivity contribution in [2.75, 3.05) is 0 Å². The van der Waals surface area contributed by atoms with Gasteiger partial charge in [-0.3, -0.25) is 9.59 Å². The van der Waals surface area contributed by atoms with Gasteiger partial charge >= 0.3 is 0 Å². The van der Waals surface area contributed by atoms with E-state index in [0.717, 1.165) is 11.1 Å². The average Bonchev–Trinajstić information content (AvgIpc) is 2.76. The molecular weight excluding hydrogens is 398 g/mol. The third kappa shape index (κ3) is 4.14. The number of hydrogen-bond acceptors (Lipinski definition) is 3. The number of nitrogens with zero attached hydrogens (tertiary/aromatic N) is 1. The van der Waals surface area contributed by atoms with E-state index in [1.807, 2.05) is 49.4 Å². The molecule has 0 aliphatic carbocycles. The van der Waals surface area contributed by atoms with Crippen molar-refractivity contribution >= 4 is 28.5 Å². The van der Waals surface area contributed by atoms with Gasteiger partial charge in [-0.15, -0.1) is 0 Å². The van der Waals surface area contributed by atoms with Gasteiger partial charge in [-0.1, -0.05) is 65.7 Å². The molecule has 0 radical (unpaired) electrons. The highest BCUT2D eigenvalue weighted by molar-refractivity contribution is 6.33. The van der Waals surface area contributed by atoms with Gasteiger partial charge in [-0.25, -0.2) is 0 Å². The lowest BCUT2D eigenvalue weighted by molar-refractivity contribution is 0.0729. The highest BCUT2D eigenvalue weighted by Gasteiger charge is 2.21. The minimum Gasteiger partial charge on any atom is -0.464 e. The molecular formula is C25H20ClNO3. The molecule has 1 aromatic heterocycles. The van der Waals surface area contributed by atoms with E-state index < -0.39 is 0 Å². The molecule has 4 rings (SSSR count). The Hall–Kier alpha value is -3.37. The third-order valence-electron chi connectivity index (χ3n) is 4.97. The molecule has 1 heterocycles. The van der Waals surface area contributed by atoms with E-state index in [1.54, 1.807) is 35.2 Å². The van der Waals surface area contributed by atoms with Gasteiger partial charge < -0.3 is 9.32 Å². The highest BCUT2D eigenvalue weighted by atomic mass is 35.5. The summed E-state index contributed by atoms with van der Waals surface area (Å²) in [5, 5.41) is 0.888. The number of aryl methyl sites for hydroxylation is 1. The van der Waals surface area contributed by atoms with Gasteiger partial charge in [-0.05, 0) is 36.8 Å². The Balaban J connectivity index is 1.74. The first-order valence-electron chi connectivity index (χ1n) is 9.61. The molecule has 30 heavy (non-hydrogen) atoms. The molecule has 150 valence electrons. The zero-order chi connectivity index (χ0) is 21.1. The monoisotopic (exact) mass is 417 g/mol. The fraction of sp³-hybridized carbons (Fsp3) is 0.120. The molecule has 0 N–H and O–H groups in total. The number of carbonyl (C=O) groups is 1. The molecule has 4 nitrogen and oxygen atoms in total. The smallest absolute Gasteiger partial charge is 0.255 e. The summed E-state index contributed by atoms with van der Waals surface area (Å²) in [6.07, 6.45) is 1.44. The zero-order valence-electron chi connectivity index (χ0n) is 16.5. The van der Waals surface area contributed by atoms with E-state index in [1.165, 1.54) is 6.26 Å². The molecule has 5 heteroatoms. The Morgan fingerprint density at radius 3 is 2.47 bits per heavy atom. The molecule has 0 saturated heterocycles. The molecule has 0 fully saturated rings. The second-order valence-corrected chi connectivity index (χ2v) is 7.62. The van der Waals surface area contributed by atoms with Crippen LogP contribution in [0.4, 0.5) is 0 Å². The molecule has 0 aliphatic rings. The quantitative estimate of drug-likeness (QED) is 0.425. The summed E-state index contributed by atoms with van der Waals surface area (Å²) in [4.78, 5) is 28.0. The van der Waals surface area contributed by atoms with E-state index in [-0.39, 0.29) is 17.9 Å². The summed E-state index contributed by atoms with van der Waals surface area (Å²) in [6, 6.07) is 22.1. The van der Waals surface area contributed by atoms with Crippen molar-refractivity contribution in [3.63, 3.8) is 0 Å². The minimum atomic E-state index is -0.242. The molecule has 0 unspecified atom stereocenters. The fourth-order valence-corrected chi connectivity index (χ4v) is 3.62. The fourth-order valence-electron chi connectivity index (χ4n) is 3.41. The number of hydrogen-bond donors (Lipinski definition) is 0. The normalized spacial score (nSPS) is 10.9. The molecule has 1 amide bonds. The predicted octanol–water partition coefficient (Wildman–Crippen LogP) is 5.60. The van der Waals surface area contributed by atoms with Crippen molar-refractivity contribution in [2.24, 2.45) is 0 Å². The summed E-state index contributed by atoms with van der Waals surface area (Å²) >= 11 is 6.27.